The van der Waals surface area contributed by atoms with Crippen molar-refractivity contribution in [1.82, 2.24) is 4.98 Å². The van der Waals surface area contributed by atoms with E-state index in [9.17, 15) is 9.90 Å². The standard InChI is InChI=1S/C12H9BrN2O2/c13-8-4-5-14-11(6-8)12(17)15-9-2-1-3-10(16)7-9/h1-7,16H,(H,15,17). The predicted octanol–water partition coefficient (Wildman–Crippen LogP) is 2.80. The maximum Gasteiger partial charge on any atom is 0.274 e. The average molecular weight is 293 g/mol. The molecule has 0 saturated carbocycles. The number of amides is 1. The van der Waals surface area contributed by atoms with Gasteiger partial charge in [-0.15, -0.1) is 0 Å². The van der Waals surface area contributed by atoms with Crippen LogP contribution in [0.4, 0.5) is 5.69 Å². The van der Waals surface area contributed by atoms with E-state index in [0.29, 0.717) is 11.4 Å². The molecule has 1 aromatic carbocycles. The highest BCUT2D eigenvalue weighted by Crippen LogP contribution is 2.16. The molecule has 0 atom stereocenters. The summed E-state index contributed by atoms with van der Waals surface area (Å²) >= 11 is 3.27. The third kappa shape index (κ3) is 3.04. The molecule has 2 N–H and O–H groups in total. The number of phenols is 1. The van der Waals surface area contributed by atoms with Gasteiger partial charge < -0.3 is 10.4 Å². The van der Waals surface area contributed by atoms with Gasteiger partial charge in [-0.1, -0.05) is 22.0 Å². The Morgan fingerprint density at radius 3 is 2.82 bits per heavy atom. The van der Waals surface area contributed by atoms with E-state index in [2.05, 4.69) is 26.2 Å². The van der Waals surface area contributed by atoms with Crippen molar-refractivity contribution in [3.8, 4) is 5.75 Å². The normalized spacial score (nSPS) is 9.94. The zero-order valence-electron chi connectivity index (χ0n) is 8.72. The number of rotatable bonds is 2. The van der Waals surface area contributed by atoms with Crippen LogP contribution in [0.2, 0.25) is 0 Å². The van der Waals surface area contributed by atoms with E-state index in [0.717, 1.165) is 4.47 Å². The Morgan fingerprint density at radius 1 is 1.29 bits per heavy atom. The quantitative estimate of drug-likeness (QED) is 0.895. The van der Waals surface area contributed by atoms with E-state index in [1.807, 2.05) is 0 Å². The number of carbonyl (C=O) groups is 1. The second-order valence-corrected chi connectivity index (χ2v) is 4.28. The summed E-state index contributed by atoms with van der Waals surface area (Å²) in [7, 11) is 0. The van der Waals surface area contributed by atoms with Gasteiger partial charge in [-0.25, -0.2) is 0 Å². The molecule has 4 nitrogen and oxygen atoms in total. The number of benzene rings is 1. The molecule has 0 aliphatic heterocycles. The Bertz CT molecular complexity index is 558. The number of phenolic OH excluding ortho intramolecular Hbond substituents is 1. The molecule has 2 aromatic rings. The molecule has 0 aliphatic rings. The molecule has 1 heterocycles. The molecular weight excluding hydrogens is 284 g/mol. The van der Waals surface area contributed by atoms with Crippen LogP contribution in [-0.2, 0) is 0 Å². The first kappa shape index (κ1) is 11.6. The Morgan fingerprint density at radius 2 is 2.12 bits per heavy atom. The van der Waals surface area contributed by atoms with Crippen LogP contribution in [0.3, 0.4) is 0 Å². The second-order valence-electron chi connectivity index (χ2n) is 3.36. The van der Waals surface area contributed by atoms with E-state index in [1.54, 1.807) is 30.5 Å². The lowest BCUT2D eigenvalue weighted by molar-refractivity contribution is 0.102. The first-order chi connectivity index (χ1) is 8.15. The number of nitrogens with one attached hydrogen (secondary N) is 1. The van der Waals surface area contributed by atoms with Crippen LogP contribution in [0, 0.1) is 0 Å². The highest BCUT2D eigenvalue weighted by atomic mass is 79.9. The van der Waals surface area contributed by atoms with Crippen molar-refractivity contribution in [3.63, 3.8) is 0 Å². The van der Waals surface area contributed by atoms with Crippen molar-refractivity contribution in [1.29, 1.82) is 0 Å². The van der Waals surface area contributed by atoms with Gasteiger partial charge >= 0.3 is 0 Å². The summed E-state index contributed by atoms with van der Waals surface area (Å²) in [5.74, 6) is -0.220. The summed E-state index contributed by atoms with van der Waals surface area (Å²) in [6.07, 6.45) is 1.54. The highest BCUT2D eigenvalue weighted by molar-refractivity contribution is 9.10. The predicted molar refractivity (Wildman–Crippen MR) is 68.0 cm³/mol. The van der Waals surface area contributed by atoms with Gasteiger partial charge in [-0.05, 0) is 24.3 Å². The summed E-state index contributed by atoms with van der Waals surface area (Å²) in [4.78, 5) is 15.8. The van der Waals surface area contributed by atoms with Crippen LogP contribution >= 0.6 is 15.9 Å². The highest BCUT2D eigenvalue weighted by Gasteiger charge is 2.07. The number of carbonyl (C=O) groups excluding carboxylic acids is 1. The summed E-state index contributed by atoms with van der Waals surface area (Å²) in [5.41, 5.74) is 0.833. The lowest BCUT2D eigenvalue weighted by Crippen LogP contribution is -2.13. The first-order valence-corrected chi connectivity index (χ1v) is 5.66. The zero-order chi connectivity index (χ0) is 12.3. The van der Waals surface area contributed by atoms with Crippen LogP contribution in [0.1, 0.15) is 10.5 Å². The molecule has 1 aromatic heterocycles. The molecule has 2 rings (SSSR count). The van der Waals surface area contributed by atoms with Crippen molar-refractivity contribution in [2.75, 3.05) is 5.32 Å². The van der Waals surface area contributed by atoms with Gasteiger partial charge in [0.05, 0.1) is 0 Å². The number of aromatic nitrogens is 1. The van der Waals surface area contributed by atoms with Crippen LogP contribution < -0.4 is 5.32 Å². The van der Waals surface area contributed by atoms with Gasteiger partial charge in [-0.3, -0.25) is 9.78 Å². The number of anilines is 1. The van der Waals surface area contributed by atoms with Crippen molar-refractivity contribution in [3.05, 3.63) is 52.8 Å². The van der Waals surface area contributed by atoms with Crippen molar-refractivity contribution in [2.24, 2.45) is 0 Å². The minimum Gasteiger partial charge on any atom is -0.508 e. The van der Waals surface area contributed by atoms with Crippen LogP contribution in [0.25, 0.3) is 0 Å². The molecule has 0 spiro atoms. The molecule has 0 saturated heterocycles. The number of halogens is 1. The van der Waals surface area contributed by atoms with Crippen LogP contribution in [0.5, 0.6) is 5.75 Å². The average Bonchev–Trinajstić information content (AvgIpc) is 2.29. The summed E-state index contributed by atoms with van der Waals surface area (Å²) in [6.45, 7) is 0. The van der Waals surface area contributed by atoms with E-state index in [-0.39, 0.29) is 11.7 Å². The topological polar surface area (TPSA) is 62.2 Å². The van der Waals surface area contributed by atoms with E-state index in [1.165, 1.54) is 12.1 Å². The molecule has 0 aliphatic carbocycles. The Labute approximate surface area is 106 Å². The molecule has 17 heavy (non-hydrogen) atoms. The Balaban J connectivity index is 2.17. The van der Waals surface area contributed by atoms with Gasteiger partial charge in [0.15, 0.2) is 0 Å². The number of pyridine rings is 1. The fraction of sp³-hybridized carbons (Fsp3) is 0. The van der Waals surface area contributed by atoms with Crippen LogP contribution in [-0.4, -0.2) is 16.0 Å². The van der Waals surface area contributed by atoms with Crippen molar-refractivity contribution in [2.45, 2.75) is 0 Å². The molecule has 5 heteroatoms. The van der Waals surface area contributed by atoms with Gasteiger partial charge in [0.1, 0.15) is 11.4 Å². The van der Waals surface area contributed by atoms with Gasteiger partial charge in [0.2, 0.25) is 0 Å². The third-order valence-corrected chi connectivity index (χ3v) is 2.55. The molecule has 0 fully saturated rings. The van der Waals surface area contributed by atoms with Gasteiger partial charge in [0, 0.05) is 22.4 Å². The lowest BCUT2D eigenvalue weighted by Gasteiger charge is -2.05. The number of hydrogen-bond donors (Lipinski definition) is 2. The maximum absolute atomic E-state index is 11.8. The number of hydrogen-bond acceptors (Lipinski definition) is 3. The molecule has 0 radical (unpaired) electrons. The van der Waals surface area contributed by atoms with Crippen LogP contribution in [0.15, 0.2) is 47.1 Å². The van der Waals surface area contributed by atoms with E-state index >= 15 is 0 Å². The van der Waals surface area contributed by atoms with E-state index in [4.69, 9.17) is 0 Å². The molecule has 0 unspecified atom stereocenters. The maximum atomic E-state index is 11.8. The minimum absolute atomic E-state index is 0.102. The molecule has 86 valence electrons. The molecule has 1 amide bonds. The van der Waals surface area contributed by atoms with Crippen molar-refractivity contribution >= 4 is 27.5 Å². The minimum atomic E-state index is -0.322. The number of aromatic hydroxyl groups is 1. The van der Waals surface area contributed by atoms with E-state index < -0.39 is 0 Å². The monoisotopic (exact) mass is 292 g/mol. The smallest absolute Gasteiger partial charge is 0.274 e. The summed E-state index contributed by atoms with van der Waals surface area (Å²) in [5, 5.41) is 11.9. The van der Waals surface area contributed by atoms with Gasteiger partial charge in [-0.2, -0.15) is 0 Å². The molecule has 0 bridgehead atoms. The Hall–Kier alpha value is -1.88. The third-order valence-electron chi connectivity index (χ3n) is 2.06. The van der Waals surface area contributed by atoms with Crippen molar-refractivity contribution < 1.29 is 9.90 Å². The van der Waals surface area contributed by atoms with Gasteiger partial charge in [0.25, 0.3) is 5.91 Å². The Kier molecular flexibility index (Phi) is 3.39. The fourth-order valence-corrected chi connectivity index (χ4v) is 1.64. The second kappa shape index (κ2) is 4.97. The molecular formula is C12H9BrN2O2. The SMILES string of the molecule is O=C(Nc1cccc(O)c1)c1cc(Br)ccn1. The fourth-order valence-electron chi connectivity index (χ4n) is 1.31. The lowest BCUT2D eigenvalue weighted by atomic mass is 10.3. The summed E-state index contributed by atoms with van der Waals surface area (Å²) in [6, 6.07) is 9.71. The summed E-state index contributed by atoms with van der Waals surface area (Å²) < 4.78 is 0.786. The first-order valence-electron chi connectivity index (χ1n) is 4.87. The largest absolute Gasteiger partial charge is 0.508 e. The number of nitrogens with zero attached hydrogens (tertiary/aromatic N) is 1. The zero-order valence-corrected chi connectivity index (χ0v) is 10.3.